The van der Waals surface area contributed by atoms with E-state index >= 15 is 0 Å². The smallest absolute Gasteiger partial charge is 0.338 e. The van der Waals surface area contributed by atoms with Gasteiger partial charge in [0, 0.05) is 34.6 Å². The fraction of sp³-hybridized carbons (Fsp3) is 0.200. The van der Waals surface area contributed by atoms with Gasteiger partial charge in [-0.3, -0.25) is 0 Å². The van der Waals surface area contributed by atoms with Crippen LogP contribution in [0.1, 0.15) is 26.1 Å². The highest BCUT2D eigenvalue weighted by Gasteiger charge is 2.19. The number of fused-ring (bicyclic) bond motifs is 1. The molecule has 4 rings (SSSR count). The molecule has 0 amide bonds. The number of hydrogen-bond acceptors (Lipinski definition) is 7. The number of phenols is 1. The number of esters is 1. The van der Waals surface area contributed by atoms with Gasteiger partial charge in [0.2, 0.25) is 0 Å². The summed E-state index contributed by atoms with van der Waals surface area (Å²) in [6.07, 6.45) is 0. The molecule has 7 heteroatoms. The van der Waals surface area contributed by atoms with E-state index in [1.54, 1.807) is 18.2 Å². The van der Waals surface area contributed by atoms with Gasteiger partial charge in [0.05, 0.1) is 10.1 Å². The average Bonchev–Trinajstić information content (AvgIpc) is 3.20. The first-order chi connectivity index (χ1) is 13.1. The van der Waals surface area contributed by atoms with E-state index in [-0.39, 0.29) is 17.9 Å². The zero-order chi connectivity index (χ0) is 18.8. The maximum absolute atomic E-state index is 12.4. The van der Waals surface area contributed by atoms with Crippen LogP contribution in [0.15, 0.2) is 57.7 Å². The molecule has 3 aromatic rings. The molecule has 0 unspecified atom stereocenters. The van der Waals surface area contributed by atoms with E-state index in [2.05, 4.69) is 0 Å². The lowest BCUT2D eigenvalue weighted by Gasteiger charge is -2.10. The van der Waals surface area contributed by atoms with Crippen LogP contribution in [0.2, 0.25) is 0 Å². The second-order valence-electron chi connectivity index (χ2n) is 6.04. The van der Waals surface area contributed by atoms with Crippen LogP contribution in [-0.4, -0.2) is 22.6 Å². The van der Waals surface area contributed by atoms with Crippen LogP contribution in [-0.2, 0) is 11.3 Å². The van der Waals surface area contributed by atoms with Crippen LogP contribution in [0.4, 0.5) is 0 Å². The quantitative estimate of drug-likeness (QED) is 0.516. The number of phenolic OH excluding ortho intramolecular Hbond substituents is 1. The maximum Gasteiger partial charge on any atom is 0.338 e. The van der Waals surface area contributed by atoms with Crippen molar-refractivity contribution in [3.63, 3.8) is 0 Å². The van der Waals surface area contributed by atoms with Gasteiger partial charge < -0.3 is 14.3 Å². The minimum atomic E-state index is -0.560. The second-order valence-corrected chi connectivity index (χ2v) is 8.77. The molecular formula is C20H16O5S2. The number of benzene rings is 2. The number of carbonyl (C=O) groups excluding carboxylic acids is 1. The van der Waals surface area contributed by atoms with Gasteiger partial charge in [-0.15, -0.1) is 23.5 Å². The first kappa shape index (κ1) is 18.0. The highest BCUT2D eigenvalue weighted by Crippen LogP contribution is 2.45. The fourth-order valence-electron chi connectivity index (χ4n) is 2.89. The van der Waals surface area contributed by atoms with Crippen molar-refractivity contribution in [3.8, 4) is 5.75 Å². The molecule has 0 saturated carbocycles. The Morgan fingerprint density at radius 1 is 1.11 bits per heavy atom. The fourth-order valence-corrected chi connectivity index (χ4v) is 5.75. The van der Waals surface area contributed by atoms with Crippen molar-refractivity contribution in [2.45, 2.75) is 11.2 Å². The van der Waals surface area contributed by atoms with Gasteiger partial charge in [-0.1, -0.05) is 12.1 Å². The van der Waals surface area contributed by atoms with Gasteiger partial charge in [-0.05, 0) is 29.8 Å². The third kappa shape index (κ3) is 3.99. The van der Waals surface area contributed by atoms with Gasteiger partial charge in [0.1, 0.15) is 17.9 Å². The Balaban J connectivity index is 1.49. The Morgan fingerprint density at radius 3 is 2.59 bits per heavy atom. The summed E-state index contributed by atoms with van der Waals surface area (Å²) < 4.78 is 10.9. The molecule has 1 N–H and O–H groups in total. The van der Waals surface area contributed by atoms with Crippen LogP contribution in [0.5, 0.6) is 5.75 Å². The molecular weight excluding hydrogens is 384 g/mol. The van der Waals surface area contributed by atoms with Gasteiger partial charge in [0.25, 0.3) is 0 Å². The van der Waals surface area contributed by atoms with Crippen molar-refractivity contribution in [1.82, 2.24) is 0 Å². The summed E-state index contributed by atoms with van der Waals surface area (Å²) in [5.41, 5.74) is 1.90. The zero-order valence-electron chi connectivity index (χ0n) is 14.2. The van der Waals surface area contributed by atoms with E-state index < -0.39 is 11.6 Å². The average molecular weight is 400 g/mol. The first-order valence-corrected chi connectivity index (χ1v) is 10.5. The lowest BCUT2D eigenvalue weighted by Crippen LogP contribution is -2.08. The minimum absolute atomic E-state index is 0.00141. The Hall–Kier alpha value is -2.38. The van der Waals surface area contributed by atoms with Crippen molar-refractivity contribution in [1.29, 1.82) is 0 Å². The highest BCUT2D eigenvalue weighted by atomic mass is 32.2. The largest absolute Gasteiger partial charge is 0.508 e. The van der Waals surface area contributed by atoms with Crippen molar-refractivity contribution in [2.24, 2.45) is 0 Å². The highest BCUT2D eigenvalue weighted by molar-refractivity contribution is 8.19. The molecule has 0 radical (unpaired) electrons. The van der Waals surface area contributed by atoms with Crippen molar-refractivity contribution < 1.29 is 19.1 Å². The summed E-state index contributed by atoms with van der Waals surface area (Å²) >= 11 is 3.82. The lowest BCUT2D eigenvalue weighted by molar-refractivity contribution is 0.0474. The predicted molar refractivity (Wildman–Crippen MR) is 107 cm³/mol. The third-order valence-electron chi connectivity index (χ3n) is 4.21. The van der Waals surface area contributed by atoms with Crippen molar-refractivity contribution in [2.75, 3.05) is 11.5 Å². The molecule has 1 aromatic heterocycles. The van der Waals surface area contributed by atoms with Gasteiger partial charge in [-0.2, -0.15) is 0 Å². The number of thioether (sulfide) groups is 2. The Morgan fingerprint density at radius 2 is 1.85 bits per heavy atom. The van der Waals surface area contributed by atoms with E-state index in [1.807, 2.05) is 35.7 Å². The molecule has 138 valence electrons. The molecule has 0 spiro atoms. The van der Waals surface area contributed by atoms with Crippen molar-refractivity contribution >= 4 is 40.5 Å². The number of hydrogen-bond donors (Lipinski definition) is 1. The van der Waals surface area contributed by atoms with E-state index in [4.69, 9.17) is 9.15 Å². The van der Waals surface area contributed by atoms with Crippen molar-refractivity contribution in [3.05, 3.63) is 75.6 Å². The Labute approximate surface area is 163 Å². The Kier molecular flexibility index (Phi) is 5.13. The number of carbonyl (C=O) groups is 1. The van der Waals surface area contributed by atoms with E-state index in [9.17, 15) is 14.7 Å². The molecule has 0 atom stereocenters. The summed E-state index contributed by atoms with van der Waals surface area (Å²) in [6, 6.07) is 13.2. The molecule has 1 aliphatic rings. The van der Waals surface area contributed by atoms with Crippen LogP contribution in [0.25, 0.3) is 11.0 Å². The van der Waals surface area contributed by atoms with Crippen LogP contribution < -0.4 is 5.63 Å². The number of rotatable bonds is 4. The summed E-state index contributed by atoms with van der Waals surface area (Å²) in [5, 5.41) is 10.1. The SMILES string of the molecule is O=C(OCc1cc(=O)oc2cc(O)ccc12)c1ccc(C2SCCS2)cc1. The summed E-state index contributed by atoms with van der Waals surface area (Å²) in [5.74, 6) is 1.85. The molecule has 2 heterocycles. The number of ether oxygens (including phenoxy) is 1. The molecule has 1 fully saturated rings. The Bertz CT molecular complexity index is 1040. The predicted octanol–water partition coefficient (Wildman–Crippen LogP) is 4.33. The molecule has 0 bridgehead atoms. The summed E-state index contributed by atoms with van der Waals surface area (Å²) in [6.45, 7) is -0.0538. The van der Waals surface area contributed by atoms with Crippen LogP contribution in [0, 0.1) is 0 Å². The standard InChI is InChI=1S/C20H16O5S2/c21-15-5-6-16-14(9-18(22)25-17(16)10-15)11-24-19(23)12-1-3-13(4-2-12)20-26-7-8-27-20/h1-6,9-10,20-21H,7-8,11H2. The van der Waals surface area contributed by atoms with Crippen LogP contribution >= 0.6 is 23.5 Å². The third-order valence-corrected chi connectivity index (χ3v) is 7.32. The van der Waals surface area contributed by atoms with E-state index in [0.29, 0.717) is 21.1 Å². The molecule has 2 aromatic carbocycles. The molecule has 27 heavy (non-hydrogen) atoms. The van der Waals surface area contributed by atoms with E-state index in [1.165, 1.54) is 23.8 Å². The van der Waals surface area contributed by atoms with Gasteiger partial charge in [0.15, 0.2) is 0 Å². The van der Waals surface area contributed by atoms with E-state index in [0.717, 1.165) is 11.5 Å². The minimum Gasteiger partial charge on any atom is -0.508 e. The molecule has 5 nitrogen and oxygen atoms in total. The first-order valence-electron chi connectivity index (χ1n) is 8.36. The summed E-state index contributed by atoms with van der Waals surface area (Å²) in [4.78, 5) is 24.1. The topological polar surface area (TPSA) is 76.7 Å². The van der Waals surface area contributed by atoms with Gasteiger partial charge >= 0.3 is 11.6 Å². The molecule has 0 aliphatic carbocycles. The number of aromatic hydroxyl groups is 1. The van der Waals surface area contributed by atoms with Crippen LogP contribution in [0.3, 0.4) is 0 Å². The monoisotopic (exact) mass is 400 g/mol. The molecule has 1 aliphatic heterocycles. The second kappa shape index (κ2) is 7.70. The molecule has 1 saturated heterocycles. The normalized spacial score (nSPS) is 14.5. The lowest BCUT2D eigenvalue weighted by atomic mass is 10.1. The summed E-state index contributed by atoms with van der Waals surface area (Å²) in [7, 11) is 0. The maximum atomic E-state index is 12.4. The van der Waals surface area contributed by atoms with Gasteiger partial charge in [-0.25, -0.2) is 9.59 Å². The zero-order valence-corrected chi connectivity index (χ0v) is 15.8.